The molecule has 0 radical (unpaired) electrons. The van der Waals surface area contributed by atoms with Crippen LogP contribution in [0.3, 0.4) is 0 Å². The summed E-state index contributed by atoms with van der Waals surface area (Å²) < 4.78 is 1.67. The molecular formula is C22H26N4O2. The second kappa shape index (κ2) is 7.84. The Morgan fingerprint density at radius 3 is 2.39 bits per heavy atom. The maximum atomic E-state index is 13.2. The number of imidazole rings is 1. The quantitative estimate of drug-likeness (QED) is 0.739. The van der Waals surface area contributed by atoms with Gasteiger partial charge in [-0.15, -0.1) is 0 Å². The topological polar surface area (TPSA) is 66.7 Å². The molecular weight excluding hydrogens is 352 g/mol. The minimum atomic E-state index is -0.398. The predicted octanol–water partition coefficient (Wildman–Crippen LogP) is 3.52. The Kier molecular flexibility index (Phi) is 5.49. The molecule has 0 saturated carbocycles. The Balaban J connectivity index is 1.98. The van der Waals surface area contributed by atoms with Gasteiger partial charge in [0.2, 0.25) is 5.82 Å². The van der Waals surface area contributed by atoms with E-state index in [1.165, 1.54) is 0 Å². The molecule has 3 aromatic rings. The second-order valence-electron chi connectivity index (χ2n) is 7.75. The summed E-state index contributed by atoms with van der Waals surface area (Å²) in [6.07, 6.45) is 1.75. The van der Waals surface area contributed by atoms with Gasteiger partial charge in [-0.25, -0.2) is 4.98 Å². The van der Waals surface area contributed by atoms with Gasteiger partial charge in [-0.2, -0.15) is 0 Å². The molecule has 2 amide bonds. The number of nitrogens with one attached hydrogen (secondary N) is 1. The maximum Gasteiger partial charge on any atom is 0.288 e. The number of hydrogen-bond donors (Lipinski definition) is 1. The van der Waals surface area contributed by atoms with Crippen molar-refractivity contribution in [2.75, 3.05) is 6.54 Å². The van der Waals surface area contributed by atoms with E-state index in [2.05, 4.69) is 10.3 Å². The molecule has 3 rings (SSSR count). The lowest BCUT2D eigenvalue weighted by Crippen LogP contribution is -2.41. The number of aromatic nitrogens is 2. The van der Waals surface area contributed by atoms with Gasteiger partial charge < -0.3 is 10.2 Å². The van der Waals surface area contributed by atoms with E-state index in [0.717, 1.165) is 5.56 Å². The molecule has 0 atom stereocenters. The van der Waals surface area contributed by atoms with Crippen LogP contribution >= 0.6 is 0 Å². The lowest BCUT2D eigenvalue weighted by Gasteiger charge is -2.20. The Bertz CT molecular complexity index is 987. The summed E-state index contributed by atoms with van der Waals surface area (Å²) in [5, 5.41) is 2.92. The monoisotopic (exact) mass is 378 g/mol. The lowest BCUT2D eigenvalue weighted by molar-refractivity contribution is 0.0749. The van der Waals surface area contributed by atoms with Gasteiger partial charge in [0, 0.05) is 24.8 Å². The summed E-state index contributed by atoms with van der Waals surface area (Å²) >= 11 is 0. The van der Waals surface area contributed by atoms with Crippen LogP contribution in [0.25, 0.3) is 5.52 Å². The molecule has 2 heterocycles. The van der Waals surface area contributed by atoms with E-state index in [4.69, 9.17) is 0 Å². The number of nitrogens with zero attached hydrogens (tertiary/aromatic N) is 3. The Labute approximate surface area is 165 Å². The first kappa shape index (κ1) is 19.6. The van der Waals surface area contributed by atoms with E-state index in [9.17, 15) is 9.59 Å². The Morgan fingerprint density at radius 1 is 1.07 bits per heavy atom. The smallest absolute Gasteiger partial charge is 0.288 e. The number of hydrogen-bond acceptors (Lipinski definition) is 3. The molecule has 0 aliphatic heterocycles. The van der Waals surface area contributed by atoms with Crippen LogP contribution in [0, 0.1) is 0 Å². The highest BCUT2D eigenvalue weighted by molar-refractivity contribution is 6.02. The van der Waals surface area contributed by atoms with Crippen LogP contribution in [0.2, 0.25) is 0 Å². The van der Waals surface area contributed by atoms with Crippen LogP contribution < -0.4 is 5.32 Å². The summed E-state index contributed by atoms with van der Waals surface area (Å²) in [4.78, 5) is 32.1. The molecule has 6 nitrogen and oxygen atoms in total. The van der Waals surface area contributed by atoms with Crippen LogP contribution in [-0.2, 0) is 6.54 Å². The molecule has 6 heteroatoms. The third-order valence-corrected chi connectivity index (χ3v) is 4.33. The molecule has 0 aliphatic rings. The van der Waals surface area contributed by atoms with Crippen molar-refractivity contribution in [2.24, 2.45) is 0 Å². The number of rotatable bonds is 5. The molecule has 0 bridgehead atoms. The largest absolute Gasteiger partial charge is 0.345 e. The average molecular weight is 378 g/mol. The third kappa shape index (κ3) is 4.22. The fourth-order valence-electron chi connectivity index (χ4n) is 3.03. The van der Waals surface area contributed by atoms with Gasteiger partial charge in [-0.05, 0) is 45.4 Å². The zero-order valence-corrected chi connectivity index (χ0v) is 16.8. The summed E-state index contributed by atoms with van der Waals surface area (Å²) in [6.45, 7) is 8.70. The SMILES string of the molecule is CCN(Cc1ccccc1)C(=O)c1nc(C(=O)NC(C)(C)C)n2ccccc12. The van der Waals surface area contributed by atoms with E-state index < -0.39 is 5.54 Å². The zero-order chi connectivity index (χ0) is 20.3. The molecule has 0 spiro atoms. The van der Waals surface area contributed by atoms with Gasteiger partial charge in [-0.3, -0.25) is 14.0 Å². The molecule has 28 heavy (non-hydrogen) atoms. The fraction of sp³-hybridized carbons (Fsp3) is 0.318. The Morgan fingerprint density at radius 2 is 1.75 bits per heavy atom. The van der Waals surface area contributed by atoms with Crippen molar-refractivity contribution < 1.29 is 9.59 Å². The number of carbonyl (C=O) groups is 2. The molecule has 0 saturated heterocycles. The van der Waals surface area contributed by atoms with E-state index in [1.807, 2.05) is 76.2 Å². The van der Waals surface area contributed by atoms with E-state index >= 15 is 0 Å². The van der Waals surface area contributed by atoms with Crippen molar-refractivity contribution in [3.63, 3.8) is 0 Å². The summed E-state index contributed by atoms with van der Waals surface area (Å²) in [5.74, 6) is -0.284. The maximum absolute atomic E-state index is 13.2. The van der Waals surface area contributed by atoms with E-state index in [1.54, 1.807) is 15.5 Å². The van der Waals surface area contributed by atoms with Gasteiger partial charge in [0.1, 0.15) is 0 Å². The average Bonchev–Trinajstić information content (AvgIpc) is 3.05. The van der Waals surface area contributed by atoms with Crippen LogP contribution in [0.15, 0.2) is 54.7 Å². The normalized spacial score (nSPS) is 11.4. The highest BCUT2D eigenvalue weighted by atomic mass is 16.2. The first-order valence-corrected chi connectivity index (χ1v) is 9.43. The fourth-order valence-corrected chi connectivity index (χ4v) is 3.03. The zero-order valence-electron chi connectivity index (χ0n) is 16.8. The Hall–Kier alpha value is -3.15. The second-order valence-corrected chi connectivity index (χ2v) is 7.75. The molecule has 1 N–H and O–H groups in total. The first-order chi connectivity index (χ1) is 13.3. The van der Waals surface area contributed by atoms with Crippen molar-refractivity contribution in [3.05, 3.63) is 71.8 Å². The number of pyridine rings is 1. The molecule has 0 unspecified atom stereocenters. The van der Waals surface area contributed by atoms with Crippen molar-refractivity contribution >= 4 is 17.3 Å². The third-order valence-electron chi connectivity index (χ3n) is 4.33. The van der Waals surface area contributed by atoms with Crippen LogP contribution in [0.1, 0.15) is 54.4 Å². The summed E-state index contributed by atoms with van der Waals surface area (Å²) in [5.41, 5.74) is 1.56. The van der Waals surface area contributed by atoms with Crippen LogP contribution in [0.4, 0.5) is 0 Å². The molecule has 0 fully saturated rings. The molecule has 1 aromatic carbocycles. The van der Waals surface area contributed by atoms with Crippen molar-refractivity contribution in [2.45, 2.75) is 39.8 Å². The van der Waals surface area contributed by atoms with Gasteiger partial charge in [0.15, 0.2) is 5.69 Å². The number of carbonyl (C=O) groups excluding carboxylic acids is 2. The van der Waals surface area contributed by atoms with Crippen LogP contribution in [-0.4, -0.2) is 38.2 Å². The van der Waals surface area contributed by atoms with E-state index in [0.29, 0.717) is 18.6 Å². The first-order valence-electron chi connectivity index (χ1n) is 9.43. The lowest BCUT2D eigenvalue weighted by atomic mass is 10.1. The van der Waals surface area contributed by atoms with Gasteiger partial charge in [0.25, 0.3) is 11.8 Å². The minimum Gasteiger partial charge on any atom is -0.345 e. The molecule has 146 valence electrons. The molecule has 2 aromatic heterocycles. The standard InChI is InChI=1S/C22H26N4O2/c1-5-25(15-16-11-7-6-8-12-16)21(28)18-17-13-9-10-14-26(17)19(23-18)20(27)24-22(2,3)4/h6-14H,5,15H2,1-4H3,(H,24,27). The number of amides is 2. The van der Waals surface area contributed by atoms with E-state index in [-0.39, 0.29) is 23.3 Å². The highest BCUT2D eigenvalue weighted by Gasteiger charge is 2.26. The van der Waals surface area contributed by atoms with Gasteiger partial charge >= 0.3 is 0 Å². The summed E-state index contributed by atoms with van der Waals surface area (Å²) in [6, 6.07) is 15.3. The number of fused-ring (bicyclic) bond motifs is 1. The van der Waals surface area contributed by atoms with Gasteiger partial charge in [-0.1, -0.05) is 36.4 Å². The van der Waals surface area contributed by atoms with Gasteiger partial charge in [0.05, 0.1) is 5.52 Å². The summed E-state index contributed by atoms with van der Waals surface area (Å²) in [7, 11) is 0. The van der Waals surface area contributed by atoms with Crippen molar-refractivity contribution in [3.8, 4) is 0 Å². The van der Waals surface area contributed by atoms with Crippen LogP contribution in [0.5, 0.6) is 0 Å². The van der Waals surface area contributed by atoms with Crippen molar-refractivity contribution in [1.82, 2.24) is 19.6 Å². The highest BCUT2D eigenvalue weighted by Crippen LogP contribution is 2.17. The minimum absolute atomic E-state index is 0.190. The van der Waals surface area contributed by atoms with Crippen molar-refractivity contribution in [1.29, 1.82) is 0 Å². The predicted molar refractivity (Wildman–Crippen MR) is 109 cm³/mol. The molecule has 0 aliphatic carbocycles. The number of benzene rings is 1.